The van der Waals surface area contributed by atoms with Gasteiger partial charge in [-0.2, -0.15) is 0 Å². The lowest BCUT2D eigenvalue weighted by Crippen LogP contribution is -2.38. The van der Waals surface area contributed by atoms with Crippen LogP contribution in [-0.2, 0) is 6.54 Å². The third-order valence-corrected chi connectivity index (χ3v) is 5.36. The number of nitrogens with one attached hydrogen (secondary N) is 1. The standard InChI is InChI=1S/C14H22N2OS/c1-17-12-2-9-18-13(12)10-16-8-5-14(11-16)3-6-15-7-4-14/h2,9,15H,3-8,10-11H2,1H3. The van der Waals surface area contributed by atoms with E-state index in [0.717, 1.165) is 12.3 Å². The minimum Gasteiger partial charge on any atom is -0.496 e. The molecule has 3 heterocycles. The van der Waals surface area contributed by atoms with Crippen molar-refractivity contribution in [2.75, 3.05) is 33.3 Å². The molecule has 2 aliphatic heterocycles. The number of hydrogen-bond acceptors (Lipinski definition) is 4. The van der Waals surface area contributed by atoms with Crippen molar-refractivity contribution in [3.8, 4) is 5.75 Å². The quantitative estimate of drug-likeness (QED) is 0.909. The van der Waals surface area contributed by atoms with Crippen LogP contribution in [-0.4, -0.2) is 38.2 Å². The second-order valence-corrected chi connectivity index (χ2v) is 6.62. The van der Waals surface area contributed by atoms with Gasteiger partial charge >= 0.3 is 0 Å². The Morgan fingerprint density at radius 2 is 2.22 bits per heavy atom. The zero-order valence-corrected chi connectivity index (χ0v) is 11.9. The predicted molar refractivity (Wildman–Crippen MR) is 75.3 cm³/mol. The van der Waals surface area contributed by atoms with Gasteiger partial charge in [0.1, 0.15) is 5.75 Å². The molecule has 0 aromatic carbocycles. The lowest BCUT2D eigenvalue weighted by atomic mass is 9.78. The molecule has 0 saturated carbocycles. The van der Waals surface area contributed by atoms with E-state index >= 15 is 0 Å². The van der Waals surface area contributed by atoms with E-state index in [1.54, 1.807) is 7.11 Å². The van der Waals surface area contributed by atoms with Gasteiger partial charge in [-0.25, -0.2) is 0 Å². The van der Waals surface area contributed by atoms with Crippen LogP contribution in [0.2, 0.25) is 0 Å². The fourth-order valence-electron chi connectivity index (χ4n) is 3.36. The third-order valence-electron chi connectivity index (χ3n) is 4.47. The van der Waals surface area contributed by atoms with Crippen LogP contribution in [0.4, 0.5) is 0 Å². The molecule has 2 saturated heterocycles. The molecule has 3 rings (SSSR count). The van der Waals surface area contributed by atoms with Gasteiger partial charge in [-0.15, -0.1) is 11.3 Å². The maximum absolute atomic E-state index is 5.41. The highest BCUT2D eigenvalue weighted by molar-refractivity contribution is 7.10. The van der Waals surface area contributed by atoms with Gasteiger partial charge in [-0.1, -0.05) is 0 Å². The van der Waals surface area contributed by atoms with E-state index in [-0.39, 0.29) is 0 Å². The van der Waals surface area contributed by atoms with E-state index < -0.39 is 0 Å². The highest BCUT2D eigenvalue weighted by Crippen LogP contribution is 2.39. The van der Waals surface area contributed by atoms with Gasteiger partial charge in [0.2, 0.25) is 0 Å². The highest BCUT2D eigenvalue weighted by atomic mass is 32.1. The van der Waals surface area contributed by atoms with E-state index in [4.69, 9.17) is 4.74 Å². The molecule has 2 fully saturated rings. The number of nitrogens with zero attached hydrogens (tertiary/aromatic N) is 1. The van der Waals surface area contributed by atoms with Crippen molar-refractivity contribution in [2.24, 2.45) is 5.41 Å². The number of piperidine rings is 1. The number of thiophene rings is 1. The SMILES string of the molecule is COc1ccsc1CN1CCC2(CCNCC2)C1. The molecule has 1 aromatic heterocycles. The molecule has 4 heteroatoms. The lowest BCUT2D eigenvalue weighted by Gasteiger charge is -2.33. The Morgan fingerprint density at radius 1 is 1.39 bits per heavy atom. The summed E-state index contributed by atoms with van der Waals surface area (Å²) in [6, 6.07) is 2.08. The van der Waals surface area contributed by atoms with Crippen LogP contribution < -0.4 is 10.1 Å². The van der Waals surface area contributed by atoms with Gasteiger partial charge in [0, 0.05) is 13.1 Å². The van der Waals surface area contributed by atoms with Crippen molar-refractivity contribution < 1.29 is 4.74 Å². The first-order chi connectivity index (χ1) is 8.81. The van der Waals surface area contributed by atoms with Gasteiger partial charge in [0.15, 0.2) is 0 Å². The van der Waals surface area contributed by atoms with E-state index in [1.807, 2.05) is 11.3 Å². The smallest absolute Gasteiger partial charge is 0.134 e. The minimum atomic E-state index is 0.607. The Hall–Kier alpha value is -0.580. The van der Waals surface area contributed by atoms with Crippen LogP contribution in [0.1, 0.15) is 24.1 Å². The maximum atomic E-state index is 5.41. The second-order valence-electron chi connectivity index (χ2n) is 5.62. The molecular formula is C14H22N2OS. The van der Waals surface area contributed by atoms with Crippen molar-refractivity contribution in [3.63, 3.8) is 0 Å². The van der Waals surface area contributed by atoms with Crippen molar-refractivity contribution in [1.29, 1.82) is 0 Å². The fraction of sp³-hybridized carbons (Fsp3) is 0.714. The number of likely N-dealkylation sites (tertiary alicyclic amines) is 1. The van der Waals surface area contributed by atoms with Crippen LogP contribution in [0.3, 0.4) is 0 Å². The Labute approximate surface area is 113 Å². The highest BCUT2D eigenvalue weighted by Gasteiger charge is 2.38. The van der Waals surface area contributed by atoms with E-state index in [1.165, 1.54) is 50.3 Å². The molecule has 18 heavy (non-hydrogen) atoms. The zero-order valence-electron chi connectivity index (χ0n) is 11.1. The van der Waals surface area contributed by atoms with Gasteiger partial charge in [0.25, 0.3) is 0 Å². The zero-order chi connectivity index (χ0) is 12.4. The van der Waals surface area contributed by atoms with Gasteiger partial charge in [-0.3, -0.25) is 4.90 Å². The molecule has 3 nitrogen and oxygen atoms in total. The number of hydrogen-bond donors (Lipinski definition) is 1. The van der Waals surface area contributed by atoms with E-state index in [2.05, 4.69) is 21.7 Å². The van der Waals surface area contributed by atoms with E-state index in [0.29, 0.717) is 5.41 Å². The molecule has 0 radical (unpaired) electrons. The third kappa shape index (κ3) is 2.42. The first-order valence-electron chi connectivity index (χ1n) is 6.85. The fourth-order valence-corrected chi connectivity index (χ4v) is 4.24. The topological polar surface area (TPSA) is 24.5 Å². The summed E-state index contributed by atoms with van der Waals surface area (Å²) in [7, 11) is 1.77. The number of methoxy groups -OCH3 is 1. The summed E-state index contributed by atoms with van der Waals surface area (Å²) < 4.78 is 5.41. The molecule has 1 spiro atoms. The van der Waals surface area contributed by atoms with E-state index in [9.17, 15) is 0 Å². The second kappa shape index (κ2) is 5.19. The Morgan fingerprint density at radius 3 is 3.00 bits per heavy atom. The van der Waals surface area contributed by atoms with Crippen molar-refractivity contribution in [3.05, 3.63) is 16.3 Å². The Kier molecular flexibility index (Phi) is 3.59. The molecule has 2 aliphatic rings. The summed E-state index contributed by atoms with van der Waals surface area (Å²) >= 11 is 1.82. The average Bonchev–Trinajstić information content (AvgIpc) is 2.99. The minimum absolute atomic E-state index is 0.607. The first kappa shape index (κ1) is 12.5. The van der Waals surface area contributed by atoms with Crippen LogP contribution >= 0.6 is 11.3 Å². The summed E-state index contributed by atoms with van der Waals surface area (Å²) in [5.41, 5.74) is 0.607. The predicted octanol–water partition coefficient (Wildman–Crippen LogP) is 2.33. The molecule has 0 amide bonds. The van der Waals surface area contributed by atoms with Crippen molar-refractivity contribution in [1.82, 2.24) is 10.2 Å². The molecule has 1 N–H and O–H groups in total. The normalized spacial score (nSPS) is 23.6. The Bertz CT molecular complexity index is 398. The molecule has 1 aromatic rings. The number of ether oxygens (including phenoxy) is 1. The molecule has 0 atom stereocenters. The van der Waals surface area contributed by atoms with Gasteiger partial charge in [0.05, 0.1) is 12.0 Å². The summed E-state index contributed by atoms with van der Waals surface area (Å²) in [5, 5.41) is 5.61. The monoisotopic (exact) mass is 266 g/mol. The van der Waals surface area contributed by atoms with Crippen LogP contribution in [0, 0.1) is 5.41 Å². The van der Waals surface area contributed by atoms with Crippen molar-refractivity contribution >= 4 is 11.3 Å². The molecule has 0 aliphatic carbocycles. The van der Waals surface area contributed by atoms with Crippen LogP contribution in [0.25, 0.3) is 0 Å². The summed E-state index contributed by atoms with van der Waals surface area (Å²) in [6.07, 6.45) is 4.08. The van der Waals surface area contributed by atoms with Gasteiger partial charge < -0.3 is 10.1 Å². The van der Waals surface area contributed by atoms with Crippen LogP contribution in [0.5, 0.6) is 5.75 Å². The maximum Gasteiger partial charge on any atom is 0.134 e. The lowest BCUT2D eigenvalue weighted by molar-refractivity contribution is 0.194. The largest absolute Gasteiger partial charge is 0.496 e. The molecular weight excluding hydrogens is 244 g/mol. The first-order valence-corrected chi connectivity index (χ1v) is 7.73. The van der Waals surface area contributed by atoms with Crippen molar-refractivity contribution in [2.45, 2.75) is 25.8 Å². The molecule has 100 valence electrons. The number of rotatable bonds is 3. The molecule has 0 bridgehead atoms. The summed E-state index contributed by atoms with van der Waals surface area (Å²) in [5.74, 6) is 1.06. The summed E-state index contributed by atoms with van der Waals surface area (Å²) in [4.78, 5) is 3.99. The molecule has 0 unspecified atom stereocenters. The Balaban J connectivity index is 1.62. The van der Waals surface area contributed by atoms with Gasteiger partial charge in [-0.05, 0) is 55.8 Å². The average molecular weight is 266 g/mol. The van der Waals surface area contributed by atoms with Crippen LogP contribution in [0.15, 0.2) is 11.4 Å². The summed E-state index contributed by atoms with van der Waals surface area (Å²) in [6.45, 7) is 6.00.